The Balaban J connectivity index is 2.21. The summed E-state index contributed by atoms with van der Waals surface area (Å²) >= 11 is 0. The molecule has 10 heteroatoms. The summed E-state index contributed by atoms with van der Waals surface area (Å²) in [5, 5.41) is 3.86. The highest BCUT2D eigenvalue weighted by molar-refractivity contribution is 6.74. The van der Waals surface area contributed by atoms with E-state index in [1.807, 2.05) is 0 Å². The van der Waals surface area contributed by atoms with Gasteiger partial charge in [0.1, 0.15) is 6.23 Å². The van der Waals surface area contributed by atoms with Crippen molar-refractivity contribution in [2.24, 2.45) is 5.11 Å². The molecular formula is C16H27N5O4Si. The molecule has 26 heavy (non-hydrogen) atoms. The van der Waals surface area contributed by atoms with Gasteiger partial charge >= 0.3 is 5.69 Å². The zero-order valence-corrected chi connectivity index (χ0v) is 17.1. The van der Waals surface area contributed by atoms with Gasteiger partial charge in [0.05, 0.1) is 18.8 Å². The van der Waals surface area contributed by atoms with E-state index in [4.69, 9.17) is 14.7 Å². The maximum atomic E-state index is 12.1. The number of aromatic amines is 1. The minimum atomic E-state index is -1.98. The van der Waals surface area contributed by atoms with Crippen LogP contribution >= 0.6 is 0 Å². The van der Waals surface area contributed by atoms with Gasteiger partial charge in [-0.1, -0.05) is 25.9 Å². The molecule has 2 heterocycles. The minimum Gasteiger partial charge on any atom is -0.414 e. The van der Waals surface area contributed by atoms with Crippen LogP contribution in [0.2, 0.25) is 18.1 Å². The summed E-state index contributed by atoms with van der Waals surface area (Å²) in [5.74, 6) is 0. The molecule has 0 spiro atoms. The first-order valence-corrected chi connectivity index (χ1v) is 11.5. The van der Waals surface area contributed by atoms with Gasteiger partial charge in [0.25, 0.3) is 5.56 Å². The predicted octanol–water partition coefficient (Wildman–Crippen LogP) is 2.83. The van der Waals surface area contributed by atoms with E-state index in [0.29, 0.717) is 18.6 Å². The van der Waals surface area contributed by atoms with Crippen LogP contribution < -0.4 is 11.2 Å². The van der Waals surface area contributed by atoms with Crippen molar-refractivity contribution in [2.75, 3.05) is 6.61 Å². The summed E-state index contributed by atoms with van der Waals surface area (Å²) in [6, 6.07) is -0.436. The monoisotopic (exact) mass is 381 g/mol. The fraction of sp³-hybridized carbons (Fsp3) is 0.750. The van der Waals surface area contributed by atoms with Crippen LogP contribution in [-0.2, 0) is 9.16 Å². The molecule has 0 bridgehead atoms. The fourth-order valence-electron chi connectivity index (χ4n) is 2.53. The average Bonchev–Trinajstić information content (AvgIpc) is 2.91. The largest absolute Gasteiger partial charge is 0.414 e. The summed E-state index contributed by atoms with van der Waals surface area (Å²) in [4.78, 5) is 28.8. The van der Waals surface area contributed by atoms with Crippen LogP contribution in [0.15, 0.2) is 20.9 Å². The SMILES string of the molecule is Cc1cn([C@H]2CC(N=[N+]=[N-])[C@@H](CO[Si](C)(C)C(C)(C)C)O2)c(=O)[nH]c1=O. The number of rotatable bonds is 5. The van der Waals surface area contributed by atoms with E-state index in [-0.39, 0.29) is 5.04 Å². The molecule has 3 atom stereocenters. The number of hydrogen-bond donors (Lipinski definition) is 1. The zero-order valence-electron chi connectivity index (χ0n) is 16.1. The van der Waals surface area contributed by atoms with Crippen molar-refractivity contribution in [2.45, 2.75) is 70.6 Å². The summed E-state index contributed by atoms with van der Waals surface area (Å²) in [7, 11) is -1.98. The Labute approximate surface area is 153 Å². The number of nitrogens with zero attached hydrogens (tertiary/aromatic N) is 4. The molecule has 0 aliphatic carbocycles. The number of aryl methyl sites for hydroxylation is 1. The number of nitrogens with one attached hydrogen (secondary N) is 1. The Morgan fingerprint density at radius 1 is 1.46 bits per heavy atom. The number of hydrogen-bond acceptors (Lipinski definition) is 5. The smallest absolute Gasteiger partial charge is 0.330 e. The van der Waals surface area contributed by atoms with Gasteiger partial charge in [0.15, 0.2) is 8.32 Å². The molecule has 1 saturated heterocycles. The molecule has 0 amide bonds. The standard InChI is InChI=1S/C16H27N5O4Si/c1-10-8-21(15(23)18-14(10)22)13-7-11(19-20-17)12(25-13)9-24-26(5,6)16(2,3)4/h8,11-13H,7,9H2,1-6H3,(H,18,22,23)/t11?,12-,13-/m1/s1. The lowest BCUT2D eigenvalue weighted by atomic mass is 10.1. The van der Waals surface area contributed by atoms with E-state index in [0.717, 1.165) is 0 Å². The van der Waals surface area contributed by atoms with Crippen molar-refractivity contribution in [1.82, 2.24) is 9.55 Å². The predicted molar refractivity (Wildman–Crippen MR) is 101 cm³/mol. The Bertz CT molecular complexity index is 819. The molecule has 0 saturated carbocycles. The quantitative estimate of drug-likeness (QED) is 0.364. The fourth-order valence-corrected chi connectivity index (χ4v) is 3.54. The third-order valence-electron chi connectivity index (χ3n) is 5.27. The van der Waals surface area contributed by atoms with Crippen LogP contribution in [0.5, 0.6) is 0 Å². The topological polar surface area (TPSA) is 122 Å². The first-order chi connectivity index (χ1) is 12.0. The van der Waals surface area contributed by atoms with Crippen molar-refractivity contribution in [3.05, 3.63) is 43.0 Å². The Hall–Kier alpha value is -1.87. The van der Waals surface area contributed by atoms with Crippen molar-refractivity contribution < 1.29 is 9.16 Å². The van der Waals surface area contributed by atoms with E-state index in [2.05, 4.69) is 48.9 Å². The molecule has 1 aromatic rings. The zero-order chi connectivity index (χ0) is 19.7. The lowest BCUT2D eigenvalue weighted by Gasteiger charge is -2.37. The average molecular weight is 382 g/mol. The third kappa shape index (κ3) is 4.26. The summed E-state index contributed by atoms with van der Waals surface area (Å²) in [6.07, 6.45) is 0.766. The first-order valence-electron chi connectivity index (χ1n) is 8.62. The normalized spacial score (nSPS) is 23.7. The number of azide groups is 1. The van der Waals surface area contributed by atoms with Crippen LogP contribution in [0.25, 0.3) is 10.4 Å². The molecule has 1 aliphatic heterocycles. The maximum Gasteiger partial charge on any atom is 0.330 e. The molecule has 2 rings (SSSR count). The van der Waals surface area contributed by atoms with Gasteiger partial charge in [0, 0.05) is 23.1 Å². The van der Waals surface area contributed by atoms with Crippen molar-refractivity contribution >= 4 is 8.32 Å². The highest BCUT2D eigenvalue weighted by atomic mass is 28.4. The first kappa shape index (κ1) is 20.4. The third-order valence-corrected chi connectivity index (χ3v) is 9.78. The molecule has 0 aromatic carbocycles. The Morgan fingerprint density at radius 2 is 2.12 bits per heavy atom. The van der Waals surface area contributed by atoms with E-state index in [9.17, 15) is 9.59 Å². The summed E-state index contributed by atoms with van der Waals surface area (Å²) < 4.78 is 13.5. The van der Waals surface area contributed by atoms with Gasteiger partial charge < -0.3 is 9.16 Å². The maximum absolute atomic E-state index is 12.1. The van der Waals surface area contributed by atoms with Gasteiger partial charge in [-0.05, 0) is 30.6 Å². The van der Waals surface area contributed by atoms with Crippen molar-refractivity contribution in [3.8, 4) is 0 Å². The van der Waals surface area contributed by atoms with Gasteiger partial charge in [0.2, 0.25) is 0 Å². The van der Waals surface area contributed by atoms with E-state index >= 15 is 0 Å². The molecule has 0 radical (unpaired) electrons. The van der Waals surface area contributed by atoms with Gasteiger partial charge in [-0.2, -0.15) is 0 Å². The van der Waals surface area contributed by atoms with Gasteiger partial charge in [-0.3, -0.25) is 14.3 Å². The van der Waals surface area contributed by atoms with Gasteiger partial charge in [-0.15, -0.1) is 0 Å². The summed E-state index contributed by atoms with van der Waals surface area (Å²) in [6.45, 7) is 12.6. The van der Waals surface area contributed by atoms with Crippen LogP contribution in [0.3, 0.4) is 0 Å². The molecule has 1 N–H and O–H groups in total. The molecular weight excluding hydrogens is 354 g/mol. The highest BCUT2D eigenvalue weighted by Crippen LogP contribution is 2.38. The van der Waals surface area contributed by atoms with Crippen LogP contribution in [0, 0.1) is 6.92 Å². The Morgan fingerprint density at radius 3 is 2.69 bits per heavy atom. The molecule has 1 unspecified atom stereocenters. The number of aromatic nitrogens is 2. The van der Waals surface area contributed by atoms with E-state index in [1.165, 1.54) is 10.8 Å². The highest BCUT2D eigenvalue weighted by Gasteiger charge is 2.41. The van der Waals surface area contributed by atoms with Gasteiger partial charge in [-0.25, -0.2) is 4.79 Å². The molecule has 1 aromatic heterocycles. The van der Waals surface area contributed by atoms with Crippen LogP contribution in [-0.4, -0.2) is 36.6 Å². The summed E-state index contributed by atoms with van der Waals surface area (Å²) in [5.41, 5.74) is 8.29. The number of ether oxygens (including phenoxy) is 1. The molecule has 9 nitrogen and oxygen atoms in total. The van der Waals surface area contributed by atoms with E-state index in [1.54, 1.807) is 6.92 Å². The van der Waals surface area contributed by atoms with Crippen molar-refractivity contribution in [3.63, 3.8) is 0 Å². The molecule has 144 valence electrons. The second-order valence-corrected chi connectivity index (χ2v) is 13.0. The Kier molecular flexibility index (Phi) is 5.81. The second kappa shape index (κ2) is 7.40. The van der Waals surface area contributed by atoms with Crippen LogP contribution in [0.1, 0.15) is 39.0 Å². The molecule has 1 fully saturated rings. The minimum absolute atomic E-state index is 0.0476. The molecule has 1 aliphatic rings. The lowest BCUT2D eigenvalue weighted by Crippen LogP contribution is -2.43. The van der Waals surface area contributed by atoms with E-state index < -0.39 is 37.9 Å². The van der Waals surface area contributed by atoms with Crippen LogP contribution in [0.4, 0.5) is 0 Å². The lowest BCUT2D eigenvalue weighted by molar-refractivity contribution is -0.0246. The number of H-pyrrole nitrogens is 1. The second-order valence-electron chi connectivity index (χ2n) is 8.19. The van der Waals surface area contributed by atoms with Crippen molar-refractivity contribution in [1.29, 1.82) is 0 Å².